The molecule has 0 aromatic heterocycles. The van der Waals surface area contributed by atoms with Crippen LogP contribution in [0.1, 0.15) is 31.0 Å². The van der Waals surface area contributed by atoms with E-state index in [2.05, 4.69) is 5.32 Å². The fraction of sp³-hybridized carbons (Fsp3) is 0.273. The normalized spacial score (nSPS) is 16.6. The number of allylic oxidation sites excluding steroid dienone is 1. The quantitative estimate of drug-likeness (QED) is 0.589. The van der Waals surface area contributed by atoms with Crippen LogP contribution in [0.15, 0.2) is 65.9 Å². The highest BCUT2D eigenvalue weighted by molar-refractivity contribution is 7.80. The zero-order valence-electron chi connectivity index (χ0n) is 16.3. The monoisotopic (exact) mass is 396 g/mol. The van der Waals surface area contributed by atoms with E-state index in [-0.39, 0.29) is 12.0 Å². The van der Waals surface area contributed by atoms with E-state index in [4.69, 9.17) is 21.7 Å². The Balaban J connectivity index is 2.00. The number of hydrogen-bond acceptors (Lipinski definition) is 4. The van der Waals surface area contributed by atoms with Gasteiger partial charge >= 0.3 is 5.97 Å². The summed E-state index contributed by atoms with van der Waals surface area (Å²) in [6.07, 6.45) is 0. The zero-order chi connectivity index (χ0) is 20.1. The molecule has 0 amide bonds. The second-order valence-electron chi connectivity index (χ2n) is 6.45. The van der Waals surface area contributed by atoms with E-state index in [0.717, 1.165) is 22.6 Å². The average Bonchev–Trinajstić information content (AvgIpc) is 2.71. The second-order valence-corrected chi connectivity index (χ2v) is 6.83. The van der Waals surface area contributed by atoms with Crippen LogP contribution in [0.25, 0.3) is 0 Å². The standard InChI is InChI=1S/C22H24N2O3S/c1-4-27-21(25)19-15(2)24(14-16-8-6-5-7-9-16)22(28)23-20(19)17-10-12-18(26-3)13-11-17/h5-13,20H,4,14H2,1-3H3,(H,23,28)/t20-/m1/s1. The van der Waals surface area contributed by atoms with Gasteiger partial charge < -0.3 is 19.7 Å². The smallest absolute Gasteiger partial charge is 0.338 e. The Morgan fingerprint density at radius 1 is 1.14 bits per heavy atom. The fourth-order valence-corrected chi connectivity index (χ4v) is 3.58. The maximum atomic E-state index is 12.8. The maximum absolute atomic E-state index is 12.8. The van der Waals surface area contributed by atoms with Crippen LogP contribution in [0.3, 0.4) is 0 Å². The summed E-state index contributed by atoms with van der Waals surface area (Å²) in [6, 6.07) is 17.3. The van der Waals surface area contributed by atoms with E-state index in [0.29, 0.717) is 23.8 Å². The lowest BCUT2D eigenvalue weighted by Gasteiger charge is -2.37. The Morgan fingerprint density at radius 2 is 1.82 bits per heavy atom. The van der Waals surface area contributed by atoms with E-state index >= 15 is 0 Å². The largest absolute Gasteiger partial charge is 0.497 e. The van der Waals surface area contributed by atoms with Crippen molar-refractivity contribution in [3.8, 4) is 5.75 Å². The topological polar surface area (TPSA) is 50.8 Å². The van der Waals surface area contributed by atoms with Gasteiger partial charge in [-0.25, -0.2) is 4.79 Å². The first-order valence-corrected chi connectivity index (χ1v) is 9.59. The molecule has 0 saturated heterocycles. The summed E-state index contributed by atoms with van der Waals surface area (Å²) in [5.74, 6) is 0.417. The Kier molecular flexibility index (Phi) is 6.31. The minimum atomic E-state index is -0.371. The molecule has 0 fully saturated rings. The molecular weight excluding hydrogens is 372 g/mol. The van der Waals surface area contributed by atoms with E-state index in [1.165, 1.54) is 0 Å². The lowest BCUT2D eigenvalue weighted by molar-refractivity contribution is -0.139. The molecule has 1 heterocycles. The van der Waals surface area contributed by atoms with Crippen molar-refractivity contribution in [1.82, 2.24) is 10.2 Å². The van der Waals surface area contributed by atoms with Gasteiger partial charge in [0.1, 0.15) is 5.75 Å². The summed E-state index contributed by atoms with van der Waals surface area (Å²) in [6.45, 7) is 4.61. The molecule has 146 valence electrons. The molecule has 2 aromatic carbocycles. The number of ether oxygens (including phenoxy) is 2. The van der Waals surface area contributed by atoms with Gasteiger partial charge in [0.05, 0.1) is 25.3 Å². The molecule has 2 aromatic rings. The zero-order valence-corrected chi connectivity index (χ0v) is 17.1. The van der Waals surface area contributed by atoms with Crippen LogP contribution in [-0.4, -0.2) is 29.7 Å². The third-order valence-corrected chi connectivity index (χ3v) is 5.06. The Bertz CT molecular complexity index is 878. The number of rotatable bonds is 6. The van der Waals surface area contributed by atoms with Crippen LogP contribution in [0.2, 0.25) is 0 Å². The van der Waals surface area contributed by atoms with Gasteiger partial charge in [-0.3, -0.25) is 0 Å². The highest BCUT2D eigenvalue weighted by Gasteiger charge is 2.34. The van der Waals surface area contributed by atoms with Gasteiger partial charge in [0, 0.05) is 12.2 Å². The van der Waals surface area contributed by atoms with Crippen molar-refractivity contribution < 1.29 is 14.3 Å². The third-order valence-electron chi connectivity index (χ3n) is 4.72. The van der Waals surface area contributed by atoms with Crippen molar-refractivity contribution in [2.24, 2.45) is 0 Å². The molecule has 0 bridgehead atoms. The number of carbonyl (C=O) groups excluding carboxylic acids is 1. The molecule has 1 atom stereocenters. The molecule has 0 radical (unpaired) electrons. The molecule has 1 aliphatic rings. The summed E-state index contributed by atoms with van der Waals surface area (Å²) < 4.78 is 10.6. The van der Waals surface area contributed by atoms with Crippen LogP contribution >= 0.6 is 12.2 Å². The third kappa shape index (κ3) is 4.17. The van der Waals surface area contributed by atoms with Gasteiger partial charge in [-0.2, -0.15) is 0 Å². The van der Waals surface area contributed by atoms with Crippen molar-refractivity contribution in [1.29, 1.82) is 0 Å². The maximum Gasteiger partial charge on any atom is 0.338 e. The van der Waals surface area contributed by atoms with Gasteiger partial charge in [-0.15, -0.1) is 0 Å². The molecular formula is C22H24N2O3S. The van der Waals surface area contributed by atoms with Crippen LogP contribution in [-0.2, 0) is 16.1 Å². The van der Waals surface area contributed by atoms with E-state index in [9.17, 15) is 4.79 Å². The molecule has 1 N–H and O–H groups in total. The van der Waals surface area contributed by atoms with Crippen LogP contribution < -0.4 is 10.1 Å². The predicted octanol–water partition coefficient (Wildman–Crippen LogP) is 3.96. The Morgan fingerprint density at radius 3 is 2.43 bits per heavy atom. The lowest BCUT2D eigenvalue weighted by atomic mass is 9.94. The van der Waals surface area contributed by atoms with Crippen molar-refractivity contribution in [2.75, 3.05) is 13.7 Å². The summed E-state index contributed by atoms with van der Waals surface area (Å²) in [7, 11) is 1.62. The molecule has 0 saturated carbocycles. The number of hydrogen-bond donors (Lipinski definition) is 1. The number of nitrogens with one attached hydrogen (secondary N) is 1. The first kappa shape index (κ1) is 19.9. The second kappa shape index (κ2) is 8.89. The van der Waals surface area contributed by atoms with Gasteiger partial charge in [0.25, 0.3) is 0 Å². The lowest BCUT2D eigenvalue weighted by Crippen LogP contribution is -2.47. The minimum Gasteiger partial charge on any atom is -0.497 e. The van der Waals surface area contributed by atoms with Crippen LogP contribution in [0.4, 0.5) is 0 Å². The number of esters is 1. The molecule has 0 unspecified atom stereocenters. The van der Waals surface area contributed by atoms with Crippen molar-refractivity contribution >= 4 is 23.3 Å². The summed E-state index contributed by atoms with van der Waals surface area (Å²) in [5.41, 5.74) is 3.39. The minimum absolute atomic E-state index is 0.314. The summed E-state index contributed by atoms with van der Waals surface area (Å²) in [4.78, 5) is 14.7. The van der Waals surface area contributed by atoms with E-state index in [1.54, 1.807) is 14.0 Å². The first-order valence-electron chi connectivity index (χ1n) is 9.19. The summed E-state index contributed by atoms with van der Waals surface area (Å²) >= 11 is 5.64. The van der Waals surface area contributed by atoms with Crippen LogP contribution in [0, 0.1) is 0 Å². The first-order chi connectivity index (χ1) is 13.5. The molecule has 5 nitrogen and oxygen atoms in total. The highest BCUT2D eigenvalue weighted by Crippen LogP contribution is 2.33. The fourth-order valence-electron chi connectivity index (χ4n) is 3.26. The molecule has 1 aliphatic heterocycles. The van der Waals surface area contributed by atoms with Gasteiger partial charge in [-0.1, -0.05) is 42.5 Å². The number of nitrogens with zero attached hydrogens (tertiary/aromatic N) is 1. The Hall–Kier alpha value is -2.86. The van der Waals surface area contributed by atoms with Crippen molar-refractivity contribution in [2.45, 2.75) is 26.4 Å². The number of methoxy groups -OCH3 is 1. The molecule has 0 spiro atoms. The van der Waals surface area contributed by atoms with E-state index < -0.39 is 0 Å². The number of carbonyl (C=O) groups is 1. The van der Waals surface area contributed by atoms with Gasteiger partial charge in [0.15, 0.2) is 5.11 Å². The van der Waals surface area contributed by atoms with Crippen LogP contribution in [0.5, 0.6) is 5.75 Å². The number of benzene rings is 2. The SMILES string of the molecule is CCOC(=O)C1=C(C)N(Cc2ccccc2)C(=S)N[C@@H]1c1ccc(OC)cc1. The molecule has 0 aliphatic carbocycles. The average molecular weight is 397 g/mol. The highest BCUT2D eigenvalue weighted by atomic mass is 32.1. The predicted molar refractivity (Wildman–Crippen MR) is 113 cm³/mol. The van der Waals surface area contributed by atoms with Crippen molar-refractivity contribution in [3.05, 3.63) is 77.0 Å². The molecule has 28 heavy (non-hydrogen) atoms. The number of thiocarbonyl (C=S) groups is 1. The molecule has 3 rings (SSSR count). The molecule has 6 heteroatoms. The summed E-state index contributed by atoms with van der Waals surface area (Å²) in [5, 5.41) is 3.90. The van der Waals surface area contributed by atoms with Gasteiger partial charge in [0.2, 0.25) is 0 Å². The van der Waals surface area contributed by atoms with Crippen molar-refractivity contribution in [3.63, 3.8) is 0 Å². The van der Waals surface area contributed by atoms with Gasteiger partial charge in [-0.05, 0) is 49.3 Å². The van der Waals surface area contributed by atoms with E-state index in [1.807, 2.05) is 66.4 Å². The Labute approximate surface area is 170 Å².